The SMILES string of the molecule is COC1CCN(C(=O)c2cc([N+](=O)[O-])cc(Cl)c2Cl)C1. The van der Waals surface area contributed by atoms with Gasteiger partial charge in [0.25, 0.3) is 11.6 Å². The molecule has 0 N–H and O–H groups in total. The highest BCUT2D eigenvalue weighted by atomic mass is 35.5. The molecule has 1 aromatic carbocycles. The number of rotatable bonds is 3. The largest absolute Gasteiger partial charge is 0.380 e. The van der Waals surface area contributed by atoms with E-state index in [4.69, 9.17) is 27.9 Å². The van der Waals surface area contributed by atoms with E-state index < -0.39 is 4.92 Å². The van der Waals surface area contributed by atoms with E-state index in [0.717, 1.165) is 18.6 Å². The summed E-state index contributed by atoms with van der Waals surface area (Å²) in [6.45, 7) is 0.958. The van der Waals surface area contributed by atoms with Crippen molar-refractivity contribution in [2.45, 2.75) is 12.5 Å². The summed E-state index contributed by atoms with van der Waals surface area (Å²) in [4.78, 5) is 24.1. The first-order valence-corrected chi connectivity index (χ1v) is 6.65. The molecule has 1 aliphatic rings. The molecule has 2 rings (SSSR count). The Morgan fingerprint density at radius 2 is 2.20 bits per heavy atom. The van der Waals surface area contributed by atoms with Crippen LogP contribution in [-0.4, -0.2) is 42.0 Å². The Balaban J connectivity index is 2.32. The lowest BCUT2D eigenvalue weighted by Gasteiger charge is -2.17. The number of hydrogen-bond donors (Lipinski definition) is 0. The first kappa shape index (κ1) is 15.0. The summed E-state index contributed by atoms with van der Waals surface area (Å²) in [5, 5.41) is 10.8. The van der Waals surface area contributed by atoms with E-state index in [0.29, 0.717) is 13.1 Å². The Bertz CT molecular complexity index is 565. The molecule has 1 unspecified atom stereocenters. The second-order valence-corrected chi connectivity index (χ2v) is 5.23. The zero-order valence-corrected chi connectivity index (χ0v) is 12.1. The number of ether oxygens (including phenoxy) is 1. The molecule has 0 aromatic heterocycles. The van der Waals surface area contributed by atoms with Crippen LogP contribution in [0, 0.1) is 10.1 Å². The van der Waals surface area contributed by atoms with Crippen molar-refractivity contribution in [1.82, 2.24) is 4.90 Å². The molecule has 1 aromatic rings. The predicted octanol–water partition coefficient (Wildman–Crippen LogP) is 2.76. The fourth-order valence-electron chi connectivity index (χ4n) is 2.11. The van der Waals surface area contributed by atoms with Gasteiger partial charge in [0.15, 0.2) is 0 Å². The topological polar surface area (TPSA) is 72.7 Å². The van der Waals surface area contributed by atoms with Gasteiger partial charge < -0.3 is 9.64 Å². The van der Waals surface area contributed by atoms with Crippen molar-refractivity contribution >= 4 is 34.8 Å². The van der Waals surface area contributed by atoms with Gasteiger partial charge in [-0.3, -0.25) is 14.9 Å². The first-order chi connectivity index (χ1) is 9.43. The third-order valence-corrected chi connectivity index (χ3v) is 4.02. The highest BCUT2D eigenvalue weighted by molar-refractivity contribution is 6.44. The number of nitro benzene ring substituents is 1. The van der Waals surface area contributed by atoms with Crippen LogP contribution in [0.15, 0.2) is 12.1 Å². The molecule has 0 saturated carbocycles. The molecule has 1 heterocycles. The molecule has 0 bridgehead atoms. The maximum absolute atomic E-state index is 12.4. The molecular formula is C12H12Cl2N2O4. The van der Waals surface area contributed by atoms with Crippen molar-refractivity contribution in [3.8, 4) is 0 Å². The monoisotopic (exact) mass is 318 g/mol. The highest BCUT2D eigenvalue weighted by Crippen LogP contribution is 2.32. The van der Waals surface area contributed by atoms with Crippen LogP contribution in [0.25, 0.3) is 0 Å². The van der Waals surface area contributed by atoms with Gasteiger partial charge in [0, 0.05) is 32.3 Å². The van der Waals surface area contributed by atoms with Gasteiger partial charge in [-0.05, 0) is 6.42 Å². The summed E-state index contributed by atoms with van der Waals surface area (Å²) >= 11 is 11.8. The molecular weight excluding hydrogens is 307 g/mol. The second-order valence-electron chi connectivity index (χ2n) is 4.44. The molecule has 1 amide bonds. The lowest BCUT2D eigenvalue weighted by molar-refractivity contribution is -0.384. The fraction of sp³-hybridized carbons (Fsp3) is 0.417. The predicted molar refractivity (Wildman–Crippen MR) is 74.4 cm³/mol. The van der Waals surface area contributed by atoms with Gasteiger partial charge in [-0.2, -0.15) is 0 Å². The van der Waals surface area contributed by atoms with Gasteiger partial charge in [0.1, 0.15) is 0 Å². The molecule has 1 atom stereocenters. The zero-order chi connectivity index (χ0) is 14.9. The van der Waals surface area contributed by atoms with Crippen LogP contribution in [0.3, 0.4) is 0 Å². The minimum atomic E-state index is -0.610. The van der Waals surface area contributed by atoms with Crippen molar-refractivity contribution in [3.63, 3.8) is 0 Å². The summed E-state index contributed by atoms with van der Waals surface area (Å²) in [7, 11) is 1.58. The number of methoxy groups -OCH3 is 1. The number of likely N-dealkylation sites (tertiary alicyclic amines) is 1. The number of nitro groups is 1. The Kier molecular flexibility index (Phi) is 4.47. The smallest absolute Gasteiger partial charge is 0.271 e. The molecule has 8 heteroatoms. The summed E-state index contributed by atoms with van der Waals surface area (Å²) in [6.07, 6.45) is 0.703. The third kappa shape index (κ3) is 2.87. The van der Waals surface area contributed by atoms with Crippen LogP contribution >= 0.6 is 23.2 Å². The van der Waals surface area contributed by atoms with Crippen LogP contribution in [-0.2, 0) is 4.74 Å². The average Bonchev–Trinajstić information content (AvgIpc) is 2.89. The summed E-state index contributed by atoms with van der Waals surface area (Å²) < 4.78 is 5.18. The molecule has 1 fully saturated rings. The molecule has 0 aliphatic carbocycles. The molecule has 1 saturated heterocycles. The van der Waals surface area contributed by atoms with Crippen LogP contribution in [0.4, 0.5) is 5.69 Å². The van der Waals surface area contributed by atoms with E-state index in [1.54, 1.807) is 12.0 Å². The summed E-state index contributed by atoms with van der Waals surface area (Å²) in [5.74, 6) is -0.375. The van der Waals surface area contributed by atoms with E-state index in [-0.39, 0.29) is 33.3 Å². The molecule has 6 nitrogen and oxygen atoms in total. The van der Waals surface area contributed by atoms with Crippen LogP contribution in [0.2, 0.25) is 10.0 Å². The molecule has 0 radical (unpaired) electrons. The minimum absolute atomic E-state index is 0.00768. The van der Waals surface area contributed by atoms with E-state index in [1.807, 2.05) is 0 Å². The van der Waals surface area contributed by atoms with Crippen molar-refractivity contribution in [1.29, 1.82) is 0 Å². The van der Waals surface area contributed by atoms with Gasteiger partial charge in [0.2, 0.25) is 0 Å². The Labute approximate surface area is 125 Å². The average molecular weight is 319 g/mol. The quantitative estimate of drug-likeness (QED) is 0.634. The third-order valence-electron chi connectivity index (χ3n) is 3.22. The van der Waals surface area contributed by atoms with E-state index in [9.17, 15) is 14.9 Å². The van der Waals surface area contributed by atoms with Gasteiger partial charge in [-0.25, -0.2) is 0 Å². The maximum atomic E-state index is 12.4. The number of non-ortho nitro benzene ring substituents is 1. The lowest BCUT2D eigenvalue weighted by Crippen LogP contribution is -2.30. The lowest BCUT2D eigenvalue weighted by atomic mass is 10.1. The Morgan fingerprint density at radius 3 is 2.75 bits per heavy atom. The normalized spacial score (nSPS) is 18.4. The van der Waals surface area contributed by atoms with Gasteiger partial charge in [-0.15, -0.1) is 0 Å². The maximum Gasteiger partial charge on any atom is 0.271 e. The van der Waals surface area contributed by atoms with Crippen molar-refractivity contribution in [2.24, 2.45) is 0 Å². The summed E-state index contributed by atoms with van der Waals surface area (Å²) in [6, 6.07) is 2.28. The summed E-state index contributed by atoms with van der Waals surface area (Å²) in [5.41, 5.74) is -0.215. The van der Waals surface area contributed by atoms with Crippen molar-refractivity contribution < 1.29 is 14.5 Å². The second kappa shape index (κ2) is 5.95. The number of carbonyl (C=O) groups excluding carboxylic acids is 1. The molecule has 108 valence electrons. The zero-order valence-electron chi connectivity index (χ0n) is 10.6. The Hall–Kier alpha value is -1.37. The van der Waals surface area contributed by atoms with Crippen molar-refractivity contribution in [3.05, 3.63) is 37.9 Å². The van der Waals surface area contributed by atoms with E-state index in [1.165, 1.54) is 0 Å². The highest BCUT2D eigenvalue weighted by Gasteiger charge is 2.29. The number of hydrogen-bond acceptors (Lipinski definition) is 4. The minimum Gasteiger partial charge on any atom is -0.380 e. The molecule has 1 aliphatic heterocycles. The van der Waals surface area contributed by atoms with Crippen LogP contribution in [0.5, 0.6) is 0 Å². The number of amides is 1. The van der Waals surface area contributed by atoms with E-state index >= 15 is 0 Å². The van der Waals surface area contributed by atoms with Crippen molar-refractivity contribution in [2.75, 3.05) is 20.2 Å². The molecule has 20 heavy (non-hydrogen) atoms. The van der Waals surface area contributed by atoms with Gasteiger partial charge in [-0.1, -0.05) is 23.2 Å². The number of carbonyl (C=O) groups is 1. The molecule has 0 spiro atoms. The first-order valence-electron chi connectivity index (χ1n) is 5.89. The van der Waals surface area contributed by atoms with Gasteiger partial charge >= 0.3 is 0 Å². The van der Waals surface area contributed by atoms with Crippen LogP contribution < -0.4 is 0 Å². The van der Waals surface area contributed by atoms with Gasteiger partial charge in [0.05, 0.1) is 26.6 Å². The number of halogens is 2. The number of benzene rings is 1. The van der Waals surface area contributed by atoms with E-state index in [2.05, 4.69) is 0 Å². The fourth-order valence-corrected chi connectivity index (χ4v) is 2.51. The standard InChI is InChI=1S/C12H12Cl2N2O4/c1-20-8-2-3-15(6-8)12(17)9-4-7(16(18)19)5-10(13)11(9)14/h4-5,8H,2-3,6H2,1H3. The number of nitrogens with zero attached hydrogens (tertiary/aromatic N) is 2. The van der Waals surface area contributed by atoms with Crippen LogP contribution in [0.1, 0.15) is 16.8 Å². The Morgan fingerprint density at radius 1 is 1.50 bits per heavy atom.